The number of carbonyl (C=O) groups is 2. The van der Waals surface area contributed by atoms with E-state index in [-0.39, 0.29) is 47.5 Å². The van der Waals surface area contributed by atoms with Crippen LogP contribution in [0.3, 0.4) is 0 Å². The number of hydrogen-bond donors (Lipinski definition) is 2. The van der Waals surface area contributed by atoms with Gasteiger partial charge < -0.3 is 25.0 Å². The lowest BCUT2D eigenvalue weighted by molar-refractivity contribution is -0.136. The van der Waals surface area contributed by atoms with Gasteiger partial charge >= 0.3 is 12.3 Å². The summed E-state index contributed by atoms with van der Waals surface area (Å²) < 4.78 is 87.2. The van der Waals surface area contributed by atoms with Crippen molar-refractivity contribution < 1.29 is 39.1 Å². The predicted octanol–water partition coefficient (Wildman–Crippen LogP) is 3.40. The maximum atomic E-state index is 13.8. The second-order valence-corrected chi connectivity index (χ2v) is 7.99. The van der Waals surface area contributed by atoms with Crippen LogP contribution in [0.4, 0.5) is 23.8 Å². The maximum Gasteiger partial charge on any atom is 0.417 e. The fourth-order valence-corrected chi connectivity index (χ4v) is 4.37. The number of nitrogens with zero attached hydrogens (tertiary/aromatic N) is 2. The fraction of sp³-hybridized carbons (Fsp3) is 0.550. The average Bonchev–Trinajstić information content (AvgIpc) is 3.20. The molecule has 2 aromatic rings. The van der Waals surface area contributed by atoms with Gasteiger partial charge in [0.2, 0.25) is 0 Å². The van der Waals surface area contributed by atoms with E-state index in [1.807, 2.05) is 0 Å². The van der Waals surface area contributed by atoms with E-state index in [0.29, 0.717) is 0 Å². The normalized spacial score (nSPS) is 19.3. The molecule has 0 spiro atoms. The molecular weight excluding hydrogens is 449 g/mol. The number of rotatable bonds is 6. The molecule has 1 fully saturated rings. The molecule has 176 valence electrons. The number of ether oxygens (including phenoxy) is 2. The van der Waals surface area contributed by atoms with Crippen LogP contribution >= 0.6 is 11.3 Å². The Kier molecular flexibility index (Phi) is 5.54. The van der Waals surface area contributed by atoms with Crippen molar-refractivity contribution in [1.29, 1.82) is 0 Å². The van der Waals surface area contributed by atoms with Gasteiger partial charge in [0.25, 0.3) is 5.91 Å². The van der Waals surface area contributed by atoms with Crippen molar-refractivity contribution in [3.8, 4) is 0 Å². The molecule has 0 radical (unpaired) electrons. The second kappa shape index (κ2) is 9.90. The van der Waals surface area contributed by atoms with Gasteiger partial charge in [0.05, 0.1) is 40.8 Å². The summed E-state index contributed by atoms with van der Waals surface area (Å²) in [5, 5.41) is 5.93. The molecule has 1 atom stereocenters. The summed E-state index contributed by atoms with van der Waals surface area (Å²) >= 11 is 0.790. The summed E-state index contributed by atoms with van der Waals surface area (Å²) in [6.07, 6.45) is -5.78. The van der Waals surface area contributed by atoms with Crippen molar-refractivity contribution in [1.82, 2.24) is 15.6 Å². The number of thiophene rings is 1. The van der Waals surface area contributed by atoms with Gasteiger partial charge in [-0.2, -0.15) is 13.2 Å². The number of pyridine rings is 1. The topological polar surface area (TPSA) is 92.8 Å². The zero-order chi connectivity index (χ0) is 27.8. The highest BCUT2D eigenvalue weighted by Crippen LogP contribution is 2.40. The molecule has 2 amide bonds. The van der Waals surface area contributed by atoms with Gasteiger partial charge in [0, 0.05) is 45.4 Å². The highest BCUT2D eigenvalue weighted by atomic mass is 32.1. The lowest BCUT2D eigenvalue weighted by atomic mass is 10.1. The molecular formula is C20H25F3N4O4S. The highest BCUT2D eigenvalue weighted by Gasteiger charge is 2.36. The van der Waals surface area contributed by atoms with E-state index < -0.39 is 49.5 Å². The number of amides is 2. The van der Waals surface area contributed by atoms with E-state index in [9.17, 15) is 22.8 Å². The number of hydrogen-bond acceptors (Lipinski definition) is 7. The van der Waals surface area contributed by atoms with Gasteiger partial charge in [0.1, 0.15) is 11.9 Å². The Morgan fingerprint density at radius 2 is 2.16 bits per heavy atom. The van der Waals surface area contributed by atoms with Gasteiger partial charge in [0.15, 0.2) is 0 Å². The zero-order valence-electron chi connectivity index (χ0n) is 22.2. The Morgan fingerprint density at radius 3 is 2.78 bits per heavy atom. The van der Waals surface area contributed by atoms with E-state index >= 15 is 0 Å². The average molecular weight is 480 g/mol. The molecule has 3 rings (SSSR count). The Hall–Kier alpha value is -2.60. The first-order valence-corrected chi connectivity index (χ1v) is 10.5. The second-order valence-electron chi connectivity index (χ2n) is 7.11. The molecule has 0 aliphatic carbocycles. The largest absolute Gasteiger partial charge is 0.446 e. The van der Waals surface area contributed by atoms with Gasteiger partial charge in [-0.1, -0.05) is 0 Å². The molecule has 0 saturated carbocycles. The number of carbonyl (C=O) groups excluding carboxylic acids is 2. The first kappa shape index (κ1) is 17.9. The van der Waals surface area contributed by atoms with Gasteiger partial charge in [-0.15, -0.1) is 11.3 Å². The van der Waals surface area contributed by atoms with Crippen LogP contribution in [0, 0.1) is 0 Å². The van der Waals surface area contributed by atoms with Gasteiger partial charge in [-0.3, -0.25) is 4.79 Å². The van der Waals surface area contributed by atoms with Gasteiger partial charge in [-0.05, 0) is 13.0 Å². The van der Waals surface area contributed by atoms with Crippen LogP contribution in [0.5, 0.6) is 0 Å². The number of alkyl carbamates (subject to hydrolysis) is 1. The summed E-state index contributed by atoms with van der Waals surface area (Å²) in [7, 11) is -1.64. The molecule has 32 heavy (non-hydrogen) atoms. The first-order chi connectivity index (χ1) is 17.0. The summed E-state index contributed by atoms with van der Waals surface area (Å²) in [6, 6.07) is -0.410. The highest BCUT2D eigenvalue weighted by molar-refractivity contribution is 7.17. The van der Waals surface area contributed by atoms with Crippen LogP contribution in [-0.2, 0) is 15.7 Å². The number of methoxy groups -OCH3 is 1. The molecule has 0 bridgehead atoms. The number of alkyl halides is 3. The van der Waals surface area contributed by atoms with Crippen molar-refractivity contribution in [3.63, 3.8) is 0 Å². The number of anilines is 1. The van der Waals surface area contributed by atoms with Crippen molar-refractivity contribution in [2.75, 3.05) is 38.6 Å². The molecule has 0 aromatic carbocycles. The Balaban J connectivity index is 1.68. The Morgan fingerprint density at radius 1 is 1.44 bits per heavy atom. The molecule has 1 aliphatic rings. The maximum absolute atomic E-state index is 13.8. The minimum absolute atomic E-state index is 0.0370. The van der Waals surface area contributed by atoms with E-state index in [1.54, 1.807) is 4.90 Å². The quantitative estimate of drug-likeness (QED) is 0.660. The molecule has 1 aliphatic heterocycles. The summed E-state index contributed by atoms with van der Waals surface area (Å²) in [5.74, 6) is -0.514. The molecule has 1 saturated heterocycles. The van der Waals surface area contributed by atoms with Crippen LogP contribution in [0.1, 0.15) is 42.5 Å². The van der Waals surface area contributed by atoms with Crippen molar-refractivity contribution >= 4 is 39.4 Å². The Labute approximate surface area is 194 Å². The standard InChI is InChI=1S/C20H25F3N4O4S/c1-11(9-30-3)25-19(29)31-12-4-6-27(7-5-12)15-8-14(20(21,22)23)17-16(26-15)13(10-32-17)18(28)24-2/h8,10-12H,4-7,9H2,1-3H3,(H,24,28)(H,25,29)/t11-/m0/s1/i3D3,9D2. The molecule has 8 nitrogen and oxygen atoms in total. The van der Waals surface area contributed by atoms with Crippen LogP contribution in [0.2, 0.25) is 0 Å². The molecule has 2 aromatic heterocycles. The molecule has 12 heteroatoms. The summed E-state index contributed by atoms with van der Waals surface area (Å²) in [5.41, 5.74) is -0.899. The number of halogens is 3. The number of nitrogens with one attached hydrogen (secondary N) is 2. The zero-order valence-corrected chi connectivity index (χ0v) is 18.0. The van der Waals surface area contributed by atoms with Crippen molar-refractivity contribution in [2.45, 2.75) is 38.1 Å². The third-order valence-electron chi connectivity index (χ3n) is 4.90. The summed E-state index contributed by atoms with van der Waals surface area (Å²) in [4.78, 5) is 30.3. The van der Waals surface area contributed by atoms with E-state index in [1.165, 1.54) is 19.4 Å². The van der Waals surface area contributed by atoms with Crippen LogP contribution in [0.15, 0.2) is 11.4 Å². The lowest BCUT2D eigenvalue weighted by Crippen LogP contribution is -2.42. The van der Waals surface area contributed by atoms with Gasteiger partial charge in [-0.25, -0.2) is 9.78 Å². The number of piperidine rings is 1. The van der Waals surface area contributed by atoms with Crippen molar-refractivity contribution in [3.05, 3.63) is 22.6 Å². The monoisotopic (exact) mass is 479 g/mol. The minimum atomic E-state index is -4.66. The van der Waals surface area contributed by atoms with Crippen LogP contribution in [-0.4, -0.2) is 62.9 Å². The summed E-state index contributed by atoms with van der Waals surface area (Å²) in [6.45, 7) is -1.08. The smallest absolute Gasteiger partial charge is 0.417 e. The predicted molar refractivity (Wildman–Crippen MR) is 114 cm³/mol. The molecule has 0 unspecified atom stereocenters. The number of fused-ring (bicyclic) bond motifs is 1. The molecule has 2 N–H and O–H groups in total. The Bertz CT molecular complexity index is 1150. The SMILES string of the molecule is [2H]C([2H])([2H])OC([2H])([2H])[C@H](C)NC(=O)OC1CCN(c2cc(C(F)(F)F)c3scc(C(=O)NC)c3n2)CC1. The molecule has 3 heterocycles. The van der Waals surface area contributed by atoms with E-state index in [2.05, 4.69) is 20.4 Å². The van der Waals surface area contributed by atoms with E-state index in [0.717, 1.165) is 17.4 Å². The lowest BCUT2D eigenvalue weighted by Gasteiger charge is -2.33. The van der Waals surface area contributed by atoms with E-state index in [4.69, 9.17) is 11.6 Å². The fourth-order valence-electron chi connectivity index (χ4n) is 3.35. The minimum Gasteiger partial charge on any atom is -0.446 e. The van der Waals surface area contributed by atoms with Crippen molar-refractivity contribution in [2.24, 2.45) is 0 Å². The third-order valence-corrected chi connectivity index (χ3v) is 5.90. The van der Waals surface area contributed by atoms with Crippen LogP contribution < -0.4 is 15.5 Å². The van der Waals surface area contributed by atoms with Crippen LogP contribution in [0.25, 0.3) is 10.2 Å². The third kappa shape index (κ3) is 5.41. The number of aromatic nitrogens is 1. The first-order valence-electron chi connectivity index (χ1n) is 12.2.